The average Bonchev–Trinajstić information content (AvgIpc) is 2.24. The summed E-state index contributed by atoms with van der Waals surface area (Å²) in [5, 5.41) is 12.5. The third-order valence-electron chi connectivity index (χ3n) is 3.31. The fourth-order valence-corrected chi connectivity index (χ4v) is 2.48. The molecule has 3 nitrogen and oxygen atoms in total. The van der Waals surface area contributed by atoms with Crippen molar-refractivity contribution in [1.29, 1.82) is 0 Å². The molecule has 2 N–H and O–H groups in total. The second kappa shape index (κ2) is 5.93. The Morgan fingerprint density at radius 2 is 1.38 bits per heavy atom. The van der Waals surface area contributed by atoms with Gasteiger partial charge in [-0.25, -0.2) is 5.01 Å². The van der Waals surface area contributed by atoms with Crippen LogP contribution in [0.1, 0.15) is 58.2 Å². The van der Waals surface area contributed by atoms with Crippen molar-refractivity contribution < 1.29 is 5.11 Å². The van der Waals surface area contributed by atoms with Gasteiger partial charge >= 0.3 is 0 Å². The number of hydrogen-bond acceptors (Lipinski definition) is 3. The van der Waals surface area contributed by atoms with Crippen LogP contribution in [-0.4, -0.2) is 29.2 Å². The Morgan fingerprint density at radius 3 is 1.67 bits per heavy atom. The van der Waals surface area contributed by atoms with E-state index in [0.29, 0.717) is 10.7 Å². The van der Waals surface area contributed by atoms with Gasteiger partial charge in [-0.3, -0.25) is 0 Å². The Balaban J connectivity index is 3.51. The fraction of sp³-hybridized carbons (Fsp3) is 0.588. The first kappa shape index (κ1) is 17.9. The highest BCUT2D eigenvalue weighted by atomic mass is 32.1. The zero-order chi connectivity index (χ0) is 16.6. The van der Waals surface area contributed by atoms with E-state index in [2.05, 4.69) is 47.0 Å². The van der Waals surface area contributed by atoms with Gasteiger partial charge < -0.3 is 10.5 Å². The summed E-state index contributed by atoms with van der Waals surface area (Å²) in [5.74, 6) is 0.381. The van der Waals surface area contributed by atoms with Crippen LogP contribution in [0.25, 0.3) is 0 Å². The van der Waals surface area contributed by atoms with Gasteiger partial charge in [-0.05, 0) is 23.0 Å². The quantitative estimate of drug-likeness (QED) is 0.644. The van der Waals surface area contributed by atoms with E-state index in [1.165, 1.54) is 0 Å². The van der Waals surface area contributed by atoms with Gasteiger partial charge in [0, 0.05) is 30.8 Å². The minimum Gasteiger partial charge on any atom is -0.507 e. The van der Waals surface area contributed by atoms with Gasteiger partial charge in [0.15, 0.2) is 0 Å². The lowest BCUT2D eigenvalue weighted by atomic mass is 9.78. The standard InChI is InChI=1S/C17H28N2OS/c1-16(2,3)12-9-11(15(21)18-19(7)8)10-13(14(12)20)17(4,5)6/h9-10,20H,1-8H3,(H,18,21). The molecule has 0 atom stereocenters. The second-order valence-corrected chi connectivity index (χ2v) is 8.16. The molecule has 21 heavy (non-hydrogen) atoms. The SMILES string of the molecule is CN(C)NC(=S)c1cc(C(C)(C)C)c(O)c(C(C)(C)C)c1. The molecule has 0 aliphatic carbocycles. The van der Waals surface area contributed by atoms with Crippen molar-refractivity contribution >= 4 is 17.2 Å². The van der Waals surface area contributed by atoms with Crippen LogP contribution in [0.2, 0.25) is 0 Å². The maximum absolute atomic E-state index is 10.7. The third-order valence-corrected chi connectivity index (χ3v) is 3.64. The lowest BCUT2D eigenvalue weighted by Crippen LogP contribution is -2.35. The van der Waals surface area contributed by atoms with E-state index in [1.807, 2.05) is 31.2 Å². The molecule has 0 fully saturated rings. The van der Waals surface area contributed by atoms with Gasteiger partial charge in [0.05, 0.1) is 0 Å². The third kappa shape index (κ3) is 4.42. The molecule has 1 rings (SSSR count). The van der Waals surface area contributed by atoms with Crippen LogP contribution in [0, 0.1) is 0 Å². The maximum atomic E-state index is 10.7. The first-order valence-electron chi connectivity index (χ1n) is 7.20. The zero-order valence-electron chi connectivity index (χ0n) is 14.5. The number of rotatable bonds is 2. The van der Waals surface area contributed by atoms with Crippen molar-refractivity contribution in [2.24, 2.45) is 0 Å². The normalized spacial score (nSPS) is 12.6. The predicted molar refractivity (Wildman–Crippen MR) is 94.0 cm³/mol. The summed E-state index contributed by atoms with van der Waals surface area (Å²) in [6, 6.07) is 3.98. The van der Waals surface area contributed by atoms with Crippen LogP contribution in [0.15, 0.2) is 12.1 Å². The molecule has 0 heterocycles. The number of nitrogens with zero attached hydrogens (tertiary/aromatic N) is 1. The van der Waals surface area contributed by atoms with Crippen LogP contribution < -0.4 is 5.43 Å². The number of nitrogens with one attached hydrogen (secondary N) is 1. The molecule has 0 unspecified atom stereocenters. The molecule has 0 radical (unpaired) electrons. The largest absolute Gasteiger partial charge is 0.507 e. The van der Waals surface area contributed by atoms with E-state index in [-0.39, 0.29) is 10.8 Å². The van der Waals surface area contributed by atoms with Gasteiger partial charge in [0.2, 0.25) is 0 Å². The maximum Gasteiger partial charge on any atom is 0.123 e. The highest BCUT2D eigenvalue weighted by Gasteiger charge is 2.27. The van der Waals surface area contributed by atoms with Crippen LogP contribution in [0.3, 0.4) is 0 Å². The highest BCUT2D eigenvalue weighted by molar-refractivity contribution is 7.80. The van der Waals surface area contributed by atoms with Gasteiger partial charge in [0.25, 0.3) is 0 Å². The summed E-state index contributed by atoms with van der Waals surface area (Å²) in [6.45, 7) is 12.6. The van der Waals surface area contributed by atoms with Crippen LogP contribution in [-0.2, 0) is 10.8 Å². The van der Waals surface area contributed by atoms with Crippen molar-refractivity contribution in [3.8, 4) is 5.75 Å². The Hall–Kier alpha value is -1.13. The highest BCUT2D eigenvalue weighted by Crippen LogP contribution is 2.39. The number of hydrogen-bond donors (Lipinski definition) is 2. The van der Waals surface area contributed by atoms with Crippen LogP contribution in [0.4, 0.5) is 0 Å². The minimum absolute atomic E-state index is 0.145. The zero-order valence-corrected chi connectivity index (χ0v) is 15.3. The van der Waals surface area contributed by atoms with E-state index in [9.17, 15) is 5.11 Å². The molecule has 0 spiro atoms. The van der Waals surface area contributed by atoms with Crippen LogP contribution in [0.5, 0.6) is 5.75 Å². The summed E-state index contributed by atoms with van der Waals surface area (Å²) in [4.78, 5) is 0.663. The molecule has 0 amide bonds. The number of thiocarbonyl (C=S) groups is 1. The molecule has 0 aliphatic rings. The van der Waals surface area contributed by atoms with Gasteiger partial charge in [-0.15, -0.1) is 0 Å². The second-order valence-electron chi connectivity index (χ2n) is 7.76. The van der Waals surface area contributed by atoms with Crippen LogP contribution >= 0.6 is 12.2 Å². The van der Waals surface area contributed by atoms with Gasteiger partial charge in [-0.2, -0.15) is 0 Å². The van der Waals surface area contributed by atoms with E-state index in [0.717, 1.165) is 16.7 Å². The summed E-state index contributed by atoms with van der Waals surface area (Å²) in [6.07, 6.45) is 0. The van der Waals surface area contributed by atoms with Crippen molar-refractivity contribution in [3.63, 3.8) is 0 Å². The van der Waals surface area contributed by atoms with Gasteiger partial charge in [-0.1, -0.05) is 53.8 Å². The Kier molecular flexibility index (Phi) is 5.06. The van der Waals surface area contributed by atoms with Crippen molar-refractivity contribution in [2.45, 2.75) is 52.4 Å². The summed E-state index contributed by atoms with van der Waals surface area (Å²) >= 11 is 5.47. The Morgan fingerprint density at radius 1 is 1.00 bits per heavy atom. The lowest BCUT2D eigenvalue weighted by Gasteiger charge is -2.28. The summed E-state index contributed by atoms with van der Waals surface area (Å²) in [7, 11) is 3.81. The first-order valence-corrected chi connectivity index (χ1v) is 7.61. The van der Waals surface area contributed by atoms with Crippen molar-refractivity contribution in [2.75, 3.05) is 14.1 Å². The van der Waals surface area contributed by atoms with Crippen molar-refractivity contribution in [1.82, 2.24) is 10.4 Å². The van der Waals surface area contributed by atoms with E-state index in [4.69, 9.17) is 12.2 Å². The molecular formula is C17H28N2OS. The lowest BCUT2D eigenvalue weighted by molar-refractivity contribution is 0.365. The molecule has 1 aromatic rings. The number of phenols is 1. The Bertz CT molecular complexity index is 502. The molecular weight excluding hydrogens is 280 g/mol. The van der Waals surface area contributed by atoms with E-state index < -0.39 is 0 Å². The monoisotopic (exact) mass is 308 g/mol. The predicted octanol–water partition coefficient (Wildman–Crippen LogP) is 3.73. The van der Waals surface area contributed by atoms with E-state index >= 15 is 0 Å². The summed E-state index contributed by atoms with van der Waals surface area (Å²) < 4.78 is 0. The average molecular weight is 308 g/mol. The molecule has 0 bridgehead atoms. The molecule has 0 aliphatic heterocycles. The first-order chi connectivity index (χ1) is 9.34. The number of phenolic OH excluding ortho intramolecular Hbond substituents is 1. The molecule has 0 saturated carbocycles. The minimum atomic E-state index is -0.145. The molecule has 1 aromatic carbocycles. The smallest absolute Gasteiger partial charge is 0.123 e. The summed E-state index contributed by atoms with van der Waals surface area (Å²) in [5.41, 5.74) is 5.61. The number of aromatic hydroxyl groups is 1. The molecule has 4 heteroatoms. The van der Waals surface area contributed by atoms with Gasteiger partial charge in [0.1, 0.15) is 10.7 Å². The topological polar surface area (TPSA) is 35.5 Å². The van der Waals surface area contributed by atoms with Crippen molar-refractivity contribution in [3.05, 3.63) is 28.8 Å². The molecule has 0 aromatic heterocycles. The van der Waals surface area contributed by atoms with E-state index in [1.54, 1.807) is 0 Å². The molecule has 118 valence electrons. The Labute approximate surface area is 134 Å². The number of benzene rings is 1. The molecule has 0 saturated heterocycles. The number of hydrazine groups is 1. The fourth-order valence-electron chi connectivity index (χ4n) is 2.18.